The minimum absolute atomic E-state index is 0.00593. The van der Waals surface area contributed by atoms with E-state index in [-0.39, 0.29) is 11.2 Å². The number of thioether (sulfide) groups is 2. The fraction of sp³-hybridized carbons (Fsp3) is 0.263. The van der Waals surface area contributed by atoms with Crippen molar-refractivity contribution >= 4 is 45.2 Å². The summed E-state index contributed by atoms with van der Waals surface area (Å²) in [6.07, 6.45) is 0.999. The Morgan fingerprint density at radius 2 is 2.00 bits per heavy atom. The van der Waals surface area contributed by atoms with Gasteiger partial charge in [0, 0.05) is 11.4 Å². The van der Waals surface area contributed by atoms with E-state index in [0.717, 1.165) is 27.9 Å². The van der Waals surface area contributed by atoms with E-state index >= 15 is 0 Å². The molecule has 124 valence electrons. The third kappa shape index (κ3) is 4.22. The molecule has 0 aromatic heterocycles. The Bertz CT molecular complexity index is 756. The summed E-state index contributed by atoms with van der Waals surface area (Å²) in [5.41, 5.74) is 4.37. The third-order valence-corrected chi connectivity index (χ3v) is 6.13. The Labute approximate surface area is 151 Å². The molecule has 1 aliphatic heterocycles. The molecule has 0 radical (unpaired) electrons. The van der Waals surface area contributed by atoms with Crippen LogP contribution in [0.2, 0.25) is 0 Å². The molecule has 2 aromatic rings. The Morgan fingerprint density at radius 3 is 2.75 bits per heavy atom. The largest absolute Gasteiger partial charge is 0.325 e. The van der Waals surface area contributed by atoms with E-state index in [2.05, 4.69) is 23.3 Å². The second-order valence-corrected chi connectivity index (χ2v) is 8.15. The van der Waals surface area contributed by atoms with Crippen LogP contribution in [-0.2, 0) is 17.0 Å². The van der Waals surface area contributed by atoms with Gasteiger partial charge in [-0.2, -0.15) is 0 Å². The van der Waals surface area contributed by atoms with Crippen LogP contribution in [-0.4, -0.2) is 15.5 Å². The number of carbonyl (C=O) groups excluding carboxylic acids is 1. The van der Waals surface area contributed by atoms with Crippen molar-refractivity contribution in [2.45, 2.75) is 31.3 Å². The zero-order chi connectivity index (χ0) is 16.9. The predicted molar refractivity (Wildman–Crippen MR) is 106 cm³/mol. The van der Waals surface area contributed by atoms with Crippen LogP contribution < -0.4 is 5.32 Å². The number of carbonyl (C=O) groups is 1. The lowest BCUT2D eigenvalue weighted by Crippen LogP contribution is -2.23. The number of benzene rings is 2. The Morgan fingerprint density at radius 1 is 1.25 bits per heavy atom. The number of aryl methyl sites for hydroxylation is 1. The molecule has 0 fully saturated rings. The van der Waals surface area contributed by atoms with Gasteiger partial charge in [-0.3, -0.25) is 4.79 Å². The number of fused-ring (bicyclic) bond motifs is 1. The molecule has 3 nitrogen and oxygen atoms in total. The van der Waals surface area contributed by atoms with Gasteiger partial charge in [-0.15, -0.1) is 0 Å². The van der Waals surface area contributed by atoms with Crippen LogP contribution in [0.25, 0.3) is 0 Å². The summed E-state index contributed by atoms with van der Waals surface area (Å²) in [6, 6.07) is 16.2. The van der Waals surface area contributed by atoms with E-state index in [4.69, 9.17) is 0 Å². The molecule has 5 heteroatoms. The fourth-order valence-electron chi connectivity index (χ4n) is 2.34. The highest BCUT2D eigenvalue weighted by Gasteiger charge is 2.20. The number of nitrogens with zero attached hydrogens (tertiary/aromatic N) is 1. The number of anilines is 1. The second kappa shape index (κ2) is 7.90. The average molecular weight is 357 g/mol. The van der Waals surface area contributed by atoms with Crippen LogP contribution in [0, 0.1) is 0 Å². The van der Waals surface area contributed by atoms with Crippen molar-refractivity contribution in [2.75, 3.05) is 5.32 Å². The summed E-state index contributed by atoms with van der Waals surface area (Å²) in [5.74, 6) is 0.917. The molecule has 0 saturated carbocycles. The van der Waals surface area contributed by atoms with Crippen molar-refractivity contribution in [1.82, 2.24) is 0 Å². The van der Waals surface area contributed by atoms with Crippen molar-refractivity contribution < 1.29 is 4.79 Å². The first-order chi connectivity index (χ1) is 11.7. The van der Waals surface area contributed by atoms with Gasteiger partial charge in [0.25, 0.3) is 0 Å². The van der Waals surface area contributed by atoms with Gasteiger partial charge in [0.1, 0.15) is 4.38 Å². The first kappa shape index (κ1) is 17.1. The fourth-order valence-corrected chi connectivity index (χ4v) is 4.53. The Balaban J connectivity index is 1.61. The average Bonchev–Trinajstić information content (AvgIpc) is 2.62. The van der Waals surface area contributed by atoms with Crippen LogP contribution in [0.1, 0.15) is 25.0 Å². The zero-order valence-corrected chi connectivity index (χ0v) is 15.4. The SMILES string of the molecule is CCc1ccc(NC(=O)[C@H](C)SC2=Nc3ccccc3CS2)cc1. The van der Waals surface area contributed by atoms with Gasteiger partial charge < -0.3 is 5.32 Å². The summed E-state index contributed by atoms with van der Waals surface area (Å²) in [6.45, 7) is 4.04. The highest BCUT2D eigenvalue weighted by molar-refractivity contribution is 8.39. The van der Waals surface area contributed by atoms with Crippen LogP contribution in [0.15, 0.2) is 53.5 Å². The van der Waals surface area contributed by atoms with Gasteiger partial charge in [-0.25, -0.2) is 4.99 Å². The summed E-state index contributed by atoms with van der Waals surface area (Å²) >= 11 is 3.22. The molecule has 1 atom stereocenters. The predicted octanol–water partition coefficient (Wildman–Crippen LogP) is 5.24. The molecule has 0 aliphatic carbocycles. The molecular weight excluding hydrogens is 336 g/mol. The number of amides is 1. The molecular formula is C19H20N2OS2. The molecule has 24 heavy (non-hydrogen) atoms. The second-order valence-electron chi connectivity index (χ2n) is 5.59. The minimum atomic E-state index is -0.188. The lowest BCUT2D eigenvalue weighted by molar-refractivity contribution is -0.115. The number of rotatable bonds is 4. The number of hydrogen-bond acceptors (Lipinski definition) is 4. The molecule has 2 aromatic carbocycles. The smallest absolute Gasteiger partial charge is 0.237 e. The maximum atomic E-state index is 12.4. The Kier molecular flexibility index (Phi) is 5.63. The molecule has 0 spiro atoms. The van der Waals surface area contributed by atoms with Crippen molar-refractivity contribution in [3.05, 3.63) is 59.7 Å². The van der Waals surface area contributed by atoms with E-state index in [0.29, 0.717) is 0 Å². The highest BCUT2D eigenvalue weighted by atomic mass is 32.2. The van der Waals surface area contributed by atoms with E-state index in [1.165, 1.54) is 22.9 Å². The van der Waals surface area contributed by atoms with Crippen molar-refractivity contribution in [1.29, 1.82) is 0 Å². The van der Waals surface area contributed by atoms with Crippen LogP contribution in [0.5, 0.6) is 0 Å². The summed E-state index contributed by atoms with van der Waals surface area (Å²) in [5, 5.41) is 2.79. The van der Waals surface area contributed by atoms with Crippen molar-refractivity contribution in [3.8, 4) is 0 Å². The van der Waals surface area contributed by atoms with Gasteiger partial charge in [0.2, 0.25) is 5.91 Å². The summed E-state index contributed by atoms with van der Waals surface area (Å²) < 4.78 is 0.956. The zero-order valence-electron chi connectivity index (χ0n) is 13.8. The number of nitrogens with one attached hydrogen (secondary N) is 1. The van der Waals surface area contributed by atoms with Gasteiger partial charge in [-0.1, -0.05) is 60.8 Å². The molecule has 1 aliphatic rings. The van der Waals surface area contributed by atoms with E-state index in [1.54, 1.807) is 11.8 Å². The maximum Gasteiger partial charge on any atom is 0.237 e. The van der Waals surface area contributed by atoms with Crippen LogP contribution in [0.3, 0.4) is 0 Å². The van der Waals surface area contributed by atoms with Crippen LogP contribution >= 0.6 is 23.5 Å². The molecule has 0 saturated heterocycles. The van der Waals surface area contributed by atoms with Gasteiger partial charge >= 0.3 is 0 Å². The first-order valence-corrected chi connectivity index (χ1v) is 9.88. The maximum absolute atomic E-state index is 12.4. The quantitative estimate of drug-likeness (QED) is 0.814. The minimum Gasteiger partial charge on any atom is -0.325 e. The topological polar surface area (TPSA) is 41.5 Å². The lowest BCUT2D eigenvalue weighted by atomic mass is 10.1. The number of hydrogen-bond donors (Lipinski definition) is 1. The van der Waals surface area contributed by atoms with Gasteiger partial charge in [-0.05, 0) is 42.7 Å². The summed E-state index contributed by atoms with van der Waals surface area (Å²) in [4.78, 5) is 17.1. The Hall–Kier alpha value is -1.72. The number of aliphatic imine (C=N–C) groups is 1. The number of para-hydroxylation sites is 1. The third-order valence-electron chi connectivity index (χ3n) is 3.83. The van der Waals surface area contributed by atoms with Crippen molar-refractivity contribution in [3.63, 3.8) is 0 Å². The molecule has 1 N–H and O–H groups in total. The lowest BCUT2D eigenvalue weighted by Gasteiger charge is -2.17. The van der Waals surface area contributed by atoms with Crippen molar-refractivity contribution in [2.24, 2.45) is 4.99 Å². The summed E-state index contributed by atoms with van der Waals surface area (Å²) in [7, 11) is 0. The van der Waals surface area contributed by atoms with E-state index in [9.17, 15) is 4.79 Å². The molecule has 0 unspecified atom stereocenters. The molecule has 3 rings (SSSR count). The molecule has 0 bridgehead atoms. The standard InChI is InChI=1S/C19H20N2OS2/c1-3-14-8-10-16(11-9-14)20-18(22)13(2)24-19-21-17-7-5-4-6-15(17)12-23-19/h4-11,13H,3,12H2,1-2H3,(H,20,22)/t13-/m0/s1. The van der Waals surface area contributed by atoms with E-state index < -0.39 is 0 Å². The van der Waals surface area contributed by atoms with Gasteiger partial charge in [0.05, 0.1) is 10.9 Å². The van der Waals surface area contributed by atoms with Gasteiger partial charge in [0.15, 0.2) is 0 Å². The van der Waals surface area contributed by atoms with E-state index in [1.807, 2.05) is 49.4 Å². The first-order valence-electron chi connectivity index (χ1n) is 8.01. The normalized spacial score (nSPS) is 14.5. The molecule has 1 amide bonds. The monoisotopic (exact) mass is 356 g/mol. The van der Waals surface area contributed by atoms with Crippen LogP contribution in [0.4, 0.5) is 11.4 Å². The highest BCUT2D eigenvalue weighted by Crippen LogP contribution is 2.35. The molecule has 1 heterocycles.